The van der Waals surface area contributed by atoms with Crippen molar-refractivity contribution in [2.24, 2.45) is 10.7 Å². The fourth-order valence-corrected chi connectivity index (χ4v) is 2.24. The molecule has 3 N–H and O–H groups in total. The maximum absolute atomic E-state index is 11.8. The molecule has 94 valence electrons. The molecule has 0 aromatic heterocycles. The predicted octanol–water partition coefficient (Wildman–Crippen LogP) is 1.82. The van der Waals surface area contributed by atoms with Crippen LogP contribution in [0, 0.1) is 6.92 Å². The first kappa shape index (κ1) is 12.4. The molecule has 1 aromatic carbocycles. The maximum atomic E-state index is 11.8. The molecule has 1 unspecified atom stereocenters. The van der Waals surface area contributed by atoms with Gasteiger partial charge in [0.2, 0.25) is 0 Å². The molecule has 0 amide bonds. The fourth-order valence-electron chi connectivity index (χ4n) is 2.24. The Morgan fingerprint density at radius 2 is 2.11 bits per heavy atom. The Labute approximate surface area is 107 Å². The number of benzene rings is 1. The lowest BCUT2D eigenvalue weighted by molar-refractivity contribution is -0.113. The average molecular weight is 243 g/mol. The molecular weight excluding hydrogens is 226 g/mol. The van der Waals surface area contributed by atoms with Crippen LogP contribution in [0.5, 0.6) is 0 Å². The van der Waals surface area contributed by atoms with Crippen molar-refractivity contribution in [1.29, 1.82) is 0 Å². The first-order valence-electron chi connectivity index (χ1n) is 5.87. The molecule has 1 aromatic rings. The van der Waals surface area contributed by atoms with Crippen molar-refractivity contribution in [2.45, 2.75) is 26.8 Å². The summed E-state index contributed by atoms with van der Waals surface area (Å²) in [4.78, 5) is 16.1. The number of guanidine groups is 1. The fraction of sp³-hybridized carbons (Fsp3) is 0.286. The van der Waals surface area contributed by atoms with E-state index in [1.54, 1.807) is 6.92 Å². The standard InChI is InChI=1S/C14H17N3O/c1-8-5-4-6-11(7-8)13-12(10(3)18)9(2)16-14(15)17-13/h4-7,13H,1-3H3,(H3,15,16,17). The molecule has 0 bridgehead atoms. The summed E-state index contributed by atoms with van der Waals surface area (Å²) in [5.41, 5.74) is 9.33. The molecule has 1 atom stereocenters. The first-order chi connectivity index (χ1) is 8.49. The minimum absolute atomic E-state index is 0.0164. The van der Waals surface area contributed by atoms with E-state index in [0.29, 0.717) is 11.5 Å². The van der Waals surface area contributed by atoms with Gasteiger partial charge in [0.25, 0.3) is 0 Å². The van der Waals surface area contributed by atoms with E-state index in [4.69, 9.17) is 5.73 Å². The monoisotopic (exact) mass is 243 g/mol. The van der Waals surface area contributed by atoms with Gasteiger partial charge in [-0.2, -0.15) is 0 Å². The molecule has 1 aliphatic rings. The second kappa shape index (κ2) is 4.64. The molecular formula is C14H17N3O. The topological polar surface area (TPSA) is 67.5 Å². The predicted molar refractivity (Wildman–Crippen MR) is 72.1 cm³/mol. The van der Waals surface area contributed by atoms with Gasteiger partial charge in [0.05, 0.1) is 0 Å². The van der Waals surface area contributed by atoms with Crippen molar-refractivity contribution in [3.63, 3.8) is 0 Å². The summed E-state index contributed by atoms with van der Waals surface area (Å²) < 4.78 is 0. The molecule has 0 saturated heterocycles. The number of hydrogen-bond donors (Lipinski definition) is 2. The van der Waals surface area contributed by atoms with Crippen molar-refractivity contribution in [3.05, 3.63) is 46.7 Å². The number of nitrogens with zero attached hydrogens (tertiary/aromatic N) is 1. The van der Waals surface area contributed by atoms with Crippen LogP contribution in [0.15, 0.2) is 40.5 Å². The molecule has 4 nitrogen and oxygen atoms in total. The molecule has 0 fully saturated rings. The van der Waals surface area contributed by atoms with Gasteiger partial charge in [-0.1, -0.05) is 29.8 Å². The number of ketones is 1. The molecule has 1 heterocycles. The van der Waals surface area contributed by atoms with Gasteiger partial charge in [0.15, 0.2) is 11.7 Å². The van der Waals surface area contributed by atoms with E-state index < -0.39 is 0 Å². The Morgan fingerprint density at radius 1 is 1.39 bits per heavy atom. The van der Waals surface area contributed by atoms with Crippen LogP contribution in [0.25, 0.3) is 0 Å². The third-order valence-corrected chi connectivity index (χ3v) is 3.00. The summed E-state index contributed by atoms with van der Waals surface area (Å²) in [5.74, 6) is 0.367. The summed E-state index contributed by atoms with van der Waals surface area (Å²) in [5, 5.41) is 2.91. The Kier molecular flexibility index (Phi) is 3.19. The summed E-state index contributed by atoms with van der Waals surface area (Å²) >= 11 is 0. The molecule has 2 rings (SSSR count). The Bertz CT molecular complexity index is 558. The number of carbonyl (C=O) groups excluding carboxylic acids is 1. The second-order valence-electron chi connectivity index (χ2n) is 4.55. The SMILES string of the molecule is CC(=O)C1=C(C)NC(N)=NC1c1cccc(C)c1. The number of nitrogens with two attached hydrogens (primary N) is 1. The van der Waals surface area contributed by atoms with Crippen LogP contribution >= 0.6 is 0 Å². The number of Topliss-reactive ketones (excluding diaryl/α,β-unsaturated/α-hetero) is 1. The normalized spacial score (nSPS) is 19.3. The van der Waals surface area contributed by atoms with Crippen molar-refractivity contribution >= 4 is 11.7 Å². The van der Waals surface area contributed by atoms with Crippen LogP contribution in [0.3, 0.4) is 0 Å². The van der Waals surface area contributed by atoms with Crippen LogP contribution in [-0.2, 0) is 4.79 Å². The first-order valence-corrected chi connectivity index (χ1v) is 5.87. The zero-order valence-corrected chi connectivity index (χ0v) is 10.8. The van der Waals surface area contributed by atoms with E-state index in [1.165, 1.54) is 0 Å². The largest absolute Gasteiger partial charge is 0.370 e. The zero-order chi connectivity index (χ0) is 13.3. The van der Waals surface area contributed by atoms with E-state index in [0.717, 1.165) is 16.8 Å². The van der Waals surface area contributed by atoms with Crippen molar-refractivity contribution in [1.82, 2.24) is 5.32 Å². The Balaban J connectivity index is 2.52. The lowest BCUT2D eigenvalue weighted by Gasteiger charge is -2.24. The second-order valence-corrected chi connectivity index (χ2v) is 4.55. The Morgan fingerprint density at radius 3 is 2.72 bits per heavy atom. The van der Waals surface area contributed by atoms with E-state index in [1.807, 2.05) is 38.1 Å². The summed E-state index contributed by atoms with van der Waals surface area (Å²) in [7, 11) is 0. The highest BCUT2D eigenvalue weighted by atomic mass is 16.1. The average Bonchev–Trinajstić information content (AvgIpc) is 2.27. The van der Waals surface area contributed by atoms with Gasteiger partial charge >= 0.3 is 0 Å². The zero-order valence-electron chi connectivity index (χ0n) is 10.8. The Hall–Kier alpha value is -2.10. The van der Waals surface area contributed by atoms with Gasteiger partial charge in [-0.15, -0.1) is 0 Å². The highest BCUT2D eigenvalue weighted by Gasteiger charge is 2.26. The molecule has 0 spiro atoms. The van der Waals surface area contributed by atoms with Gasteiger partial charge in [-0.25, -0.2) is 4.99 Å². The third kappa shape index (κ3) is 2.27. The molecule has 4 heteroatoms. The van der Waals surface area contributed by atoms with Gasteiger partial charge in [-0.3, -0.25) is 4.79 Å². The van der Waals surface area contributed by atoms with Crippen LogP contribution < -0.4 is 11.1 Å². The molecule has 1 aliphatic heterocycles. The number of aryl methyl sites for hydroxylation is 1. The quantitative estimate of drug-likeness (QED) is 0.832. The summed E-state index contributed by atoms with van der Waals surface area (Å²) in [6, 6.07) is 7.68. The van der Waals surface area contributed by atoms with Gasteiger partial charge in [0.1, 0.15) is 6.04 Å². The molecule has 18 heavy (non-hydrogen) atoms. The highest BCUT2D eigenvalue weighted by molar-refractivity contribution is 5.98. The minimum atomic E-state index is -0.302. The minimum Gasteiger partial charge on any atom is -0.370 e. The van der Waals surface area contributed by atoms with Crippen LogP contribution in [-0.4, -0.2) is 11.7 Å². The van der Waals surface area contributed by atoms with Gasteiger partial charge < -0.3 is 11.1 Å². The van der Waals surface area contributed by atoms with Crippen molar-refractivity contribution in [3.8, 4) is 0 Å². The van der Waals surface area contributed by atoms with E-state index in [9.17, 15) is 4.79 Å². The van der Waals surface area contributed by atoms with Gasteiger partial charge in [0, 0.05) is 11.3 Å². The van der Waals surface area contributed by atoms with Crippen LogP contribution in [0.4, 0.5) is 0 Å². The lowest BCUT2D eigenvalue weighted by Crippen LogP contribution is -2.36. The van der Waals surface area contributed by atoms with Crippen molar-refractivity contribution in [2.75, 3.05) is 0 Å². The number of nitrogens with one attached hydrogen (secondary N) is 1. The smallest absolute Gasteiger partial charge is 0.193 e. The number of allylic oxidation sites excluding steroid dienone is 1. The number of rotatable bonds is 2. The molecule has 0 saturated carbocycles. The number of aliphatic imine (C=N–C) groups is 1. The molecule has 0 radical (unpaired) electrons. The van der Waals surface area contributed by atoms with E-state index >= 15 is 0 Å². The van der Waals surface area contributed by atoms with Crippen LogP contribution in [0.1, 0.15) is 31.0 Å². The summed E-state index contributed by atoms with van der Waals surface area (Å²) in [6.07, 6.45) is 0. The van der Waals surface area contributed by atoms with Crippen LogP contribution in [0.2, 0.25) is 0 Å². The third-order valence-electron chi connectivity index (χ3n) is 3.00. The van der Waals surface area contributed by atoms with E-state index in [-0.39, 0.29) is 11.8 Å². The molecule has 0 aliphatic carbocycles. The number of hydrogen-bond acceptors (Lipinski definition) is 4. The summed E-state index contributed by atoms with van der Waals surface area (Å²) in [6.45, 7) is 5.42. The van der Waals surface area contributed by atoms with Crippen molar-refractivity contribution < 1.29 is 4.79 Å². The van der Waals surface area contributed by atoms with Gasteiger partial charge in [-0.05, 0) is 26.3 Å². The number of carbonyl (C=O) groups is 1. The van der Waals surface area contributed by atoms with E-state index in [2.05, 4.69) is 10.3 Å². The maximum Gasteiger partial charge on any atom is 0.193 e. The lowest BCUT2D eigenvalue weighted by atomic mass is 9.93. The highest BCUT2D eigenvalue weighted by Crippen LogP contribution is 2.30.